The van der Waals surface area contributed by atoms with Crippen LogP contribution in [0.1, 0.15) is 316 Å². The van der Waals surface area contributed by atoms with Gasteiger partial charge in [0.1, 0.15) is 13.2 Å². The van der Waals surface area contributed by atoms with Gasteiger partial charge in [-0.3, -0.25) is 14.4 Å². The van der Waals surface area contributed by atoms with Crippen LogP contribution < -0.4 is 0 Å². The fraction of sp³-hybridized carbons (Fsp3) is 0.675. The van der Waals surface area contributed by atoms with E-state index in [1.807, 2.05) is 0 Å². The van der Waals surface area contributed by atoms with Gasteiger partial charge in [0.05, 0.1) is 0 Å². The lowest BCUT2D eigenvalue weighted by atomic mass is 10.1. The SMILES string of the molecule is CC/C=C\C/C=C\C/C=C\C/C=C\C/C=C\C/C=C\CCCCCCCCCCC(=O)OCC(COC(=O)CCCCCCCCC/C=C\C/C=C\CCCCC)OC(=O)CCCCCCCC/C=C\C/C=C\C/C=C\CCCCCCC. The minimum absolute atomic E-state index is 0.0929. The first-order valence-electron chi connectivity index (χ1n) is 34.7. The summed E-state index contributed by atoms with van der Waals surface area (Å²) in [5.74, 6) is -0.914. The van der Waals surface area contributed by atoms with Crippen molar-refractivity contribution in [3.8, 4) is 0 Å². The number of hydrogen-bond acceptors (Lipinski definition) is 6. The minimum atomic E-state index is -0.799. The fourth-order valence-corrected chi connectivity index (χ4v) is 9.43. The Bertz CT molecular complexity index is 1750. The van der Waals surface area contributed by atoms with E-state index in [-0.39, 0.29) is 31.1 Å². The van der Waals surface area contributed by atoms with Crippen molar-refractivity contribution < 1.29 is 28.6 Å². The van der Waals surface area contributed by atoms with E-state index < -0.39 is 6.10 Å². The van der Waals surface area contributed by atoms with E-state index in [0.29, 0.717) is 19.3 Å². The lowest BCUT2D eigenvalue weighted by Crippen LogP contribution is -2.30. The molecule has 0 rings (SSSR count). The zero-order valence-electron chi connectivity index (χ0n) is 54.2. The Balaban J connectivity index is 4.43. The highest BCUT2D eigenvalue weighted by Crippen LogP contribution is 2.15. The van der Waals surface area contributed by atoms with Gasteiger partial charge in [0.15, 0.2) is 6.10 Å². The van der Waals surface area contributed by atoms with Gasteiger partial charge in [-0.15, -0.1) is 0 Å². The zero-order valence-corrected chi connectivity index (χ0v) is 54.2. The first kappa shape index (κ1) is 78.5. The standard InChI is InChI=1S/C77H128O6/c1-4-7-10-13-16-19-22-25-28-31-33-35-36-37-38-39-40-42-43-46-49-52-55-58-61-64-67-70-76(79)82-73-74(72-81-75(78)69-66-63-60-57-54-51-48-45-30-27-24-21-18-15-12-9-6-3)83-77(80)71-68-65-62-59-56-53-50-47-44-41-34-32-29-26-23-20-17-14-11-8-5-2/h7,10,16,18-19,21,23,25-28,30,32-35,37-38,40,42,44,47,74H,4-6,8-9,11-15,17,20,22,24,29,31,36,39,41,43,45-46,48-73H2,1-3H3/b10-7-,19-16-,21-18-,26-23-,28-25-,30-27-,34-32-,35-33-,38-37-,42-40-,47-44-. The van der Waals surface area contributed by atoms with Gasteiger partial charge < -0.3 is 14.2 Å². The molecule has 0 aliphatic carbocycles. The van der Waals surface area contributed by atoms with E-state index in [1.54, 1.807) is 0 Å². The van der Waals surface area contributed by atoms with E-state index in [2.05, 4.69) is 154 Å². The Labute approximate surface area is 513 Å². The van der Waals surface area contributed by atoms with Gasteiger partial charge in [-0.25, -0.2) is 0 Å². The van der Waals surface area contributed by atoms with Crippen LogP contribution in [0, 0.1) is 0 Å². The molecule has 1 atom stereocenters. The van der Waals surface area contributed by atoms with Crippen molar-refractivity contribution in [3.63, 3.8) is 0 Å². The van der Waals surface area contributed by atoms with Gasteiger partial charge in [0, 0.05) is 19.3 Å². The van der Waals surface area contributed by atoms with Crippen LogP contribution >= 0.6 is 0 Å². The number of esters is 3. The molecular formula is C77H128O6. The van der Waals surface area contributed by atoms with E-state index in [4.69, 9.17) is 14.2 Å². The average Bonchev–Trinajstić information content (AvgIpc) is 3.49. The lowest BCUT2D eigenvalue weighted by molar-refractivity contribution is -0.167. The van der Waals surface area contributed by atoms with Gasteiger partial charge in [0.2, 0.25) is 0 Å². The molecule has 6 heteroatoms. The summed E-state index contributed by atoms with van der Waals surface area (Å²) in [7, 11) is 0. The highest BCUT2D eigenvalue weighted by atomic mass is 16.6. The summed E-state index contributed by atoms with van der Waals surface area (Å²) < 4.78 is 17.0. The van der Waals surface area contributed by atoms with E-state index >= 15 is 0 Å². The summed E-state index contributed by atoms with van der Waals surface area (Å²) in [6.45, 7) is 6.49. The molecule has 83 heavy (non-hydrogen) atoms. The van der Waals surface area contributed by atoms with Crippen molar-refractivity contribution in [3.05, 3.63) is 134 Å². The molecule has 0 aromatic rings. The van der Waals surface area contributed by atoms with Crippen molar-refractivity contribution in [1.82, 2.24) is 0 Å². The number of allylic oxidation sites excluding steroid dienone is 22. The first-order chi connectivity index (χ1) is 41.0. The number of carbonyl (C=O) groups excluding carboxylic acids is 3. The molecule has 1 unspecified atom stereocenters. The van der Waals surface area contributed by atoms with Crippen LogP contribution in [0.25, 0.3) is 0 Å². The molecule has 0 radical (unpaired) electrons. The molecule has 0 aromatic heterocycles. The molecule has 0 saturated carbocycles. The second-order valence-electron chi connectivity index (χ2n) is 22.7. The molecule has 0 heterocycles. The van der Waals surface area contributed by atoms with Crippen molar-refractivity contribution >= 4 is 17.9 Å². The van der Waals surface area contributed by atoms with Gasteiger partial charge in [-0.1, -0.05) is 289 Å². The molecular weight excluding hydrogens is 1020 g/mol. The highest BCUT2D eigenvalue weighted by Gasteiger charge is 2.19. The molecule has 0 aliphatic heterocycles. The minimum Gasteiger partial charge on any atom is -0.462 e. The van der Waals surface area contributed by atoms with Crippen LogP contribution in [0.15, 0.2) is 134 Å². The summed E-state index contributed by atoms with van der Waals surface area (Å²) in [6, 6.07) is 0. The maximum atomic E-state index is 13.0. The van der Waals surface area contributed by atoms with Crippen LogP contribution in [0.3, 0.4) is 0 Å². The van der Waals surface area contributed by atoms with Crippen LogP contribution in [0.4, 0.5) is 0 Å². The van der Waals surface area contributed by atoms with E-state index in [1.165, 1.54) is 135 Å². The van der Waals surface area contributed by atoms with Gasteiger partial charge >= 0.3 is 17.9 Å². The Morgan fingerprint density at radius 2 is 0.470 bits per heavy atom. The smallest absolute Gasteiger partial charge is 0.306 e. The van der Waals surface area contributed by atoms with Crippen molar-refractivity contribution in [2.75, 3.05) is 13.2 Å². The third-order valence-corrected chi connectivity index (χ3v) is 14.6. The third-order valence-electron chi connectivity index (χ3n) is 14.6. The molecule has 6 nitrogen and oxygen atoms in total. The molecule has 0 bridgehead atoms. The van der Waals surface area contributed by atoms with E-state index in [9.17, 15) is 14.4 Å². The molecule has 472 valence electrons. The van der Waals surface area contributed by atoms with Gasteiger partial charge in [-0.2, -0.15) is 0 Å². The molecule has 0 N–H and O–H groups in total. The molecule has 0 aromatic carbocycles. The molecule has 0 fully saturated rings. The van der Waals surface area contributed by atoms with Crippen LogP contribution in [-0.2, 0) is 28.6 Å². The third kappa shape index (κ3) is 68.2. The zero-order chi connectivity index (χ0) is 59.9. The number of rotatable bonds is 62. The maximum Gasteiger partial charge on any atom is 0.306 e. The monoisotopic (exact) mass is 1150 g/mol. The Morgan fingerprint density at radius 1 is 0.253 bits per heavy atom. The Kier molecular flexibility index (Phi) is 66.3. The topological polar surface area (TPSA) is 78.9 Å². The molecule has 0 aliphatic rings. The van der Waals surface area contributed by atoms with Crippen molar-refractivity contribution in [1.29, 1.82) is 0 Å². The number of ether oxygens (including phenoxy) is 3. The summed E-state index contributed by atoms with van der Waals surface area (Å²) in [6.07, 6.45) is 98.8. The quantitative estimate of drug-likeness (QED) is 0.0261. The lowest BCUT2D eigenvalue weighted by Gasteiger charge is -2.18. The summed E-state index contributed by atoms with van der Waals surface area (Å²) in [4.78, 5) is 38.5. The predicted octanol–water partition coefficient (Wildman–Crippen LogP) is 24.1. The summed E-state index contributed by atoms with van der Waals surface area (Å²) in [5.41, 5.74) is 0. The fourth-order valence-electron chi connectivity index (χ4n) is 9.43. The van der Waals surface area contributed by atoms with Gasteiger partial charge in [0.25, 0.3) is 0 Å². The molecule has 0 spiro atoms. The molecule has 0 amide bonds. The Hall–Kier alpha value is -4.45. The van der Waals surface area contributed by atoms with Gasteiger partial charge in [-0.05, 0) is 141 Å². The van der Waals surface area contributed by atoms with Crippen molar-refractivity contribution in [2.24, 2.45) is 0 Å². The number of unbranched alkanes of at least 4 members (excludes halogenated alkanes) is 29. The van der Waals surface area contributed by atoms with E-state index in [0.717, 1.165) is 141 Å². The normalized spacial score (nSPS) is 13.0. The van der Waals surface area contributed by atoms with Crippen LogP contribution in [-0.4, -0.2) is 37.2 Å². The predicted molar refractivity (Wildman–Crippen MR) is 362 cm³/mol. The van der Waals surface area contributed by atoms with Crippen molar-refractivity contribution in [2.45, 2.75) is 322 Å². The Morgan fingerprint density at radius 3 is 0.759 bits per heavy atom. The summed E-state index contributed by atoms with van der Waals surface area (Å²) >= 11 is 0. The average molecular weight is 1150 g/mol. The largest absolute Gasteiger partial charge is 0.462 e. The molecule has 0 saturated heterocycles. The maximum absolute atomic E-state index is 13.0. The first-order valence-corrected chi connectivity index (χ1v) is 34.7. The van der Waals surface area contributed by atoms with Crippen LogP contribution in [0.2, 0.25) is 0 Å². The highest BCUT2D eigenvalue weighted by molar-refractivity contribution is 5.71. The summed E-state index contributed by atoms with van der Waals surface area (Å²) in [5, 5.41) is 0. The number of carbonyl (C=O) groups is 3. The second-order valence-corrected chi connectivity index (χ2v) is 22.7. The second kappa shape index (κ2) is 70.0. The van der Waals surface area contributed by atoms with Crippen LogP contribution in [0.5, 0.6) is 0 Å². The number of hydrogen-bond donors (Lipinski definition) is 0.